The minimum absolute atomic E-state index is 0.0398. The highest BCUT2D eigenvalue weighted by molar-refractivity contribution is 9.10. The number of nitrogens with one attached hydrogen (secondary N) is 1. The Hall–Kier alpha value is -0.540. The first-order valence-electron chi connectivity index (χ1n) is 4.81. The first kappa shape index (κ1) is 12.5. The largest absolute Gasteiger partial charge is 0.326 e. The predicted molar refractivity (Wildman–Crippen MR) is 67.5 cm³/mol. The zero-order chi connectivity index (χ0) is 11.3. The molecule has 15 heavy (non-hydrogen) atoms. The van der Waals surface area contributed by atoms with Crippen molar-refractivity contribution in [2.75, 3.05) is 11.2 Å². The van der Waals surface area contributed by atoms with E-state index in [2.05, 4.69) is 28.2 Å². The van der Waals surface area contributed by atoms with Crippen LogP contribution in [0.2, 0.25) is 0 Å². The minimum atomic E-state index is -0.0398. The van der Waals surface area contributed by atoms with E-state index in [9.17, 15) is 4.79 Å². The Balaban J connectivity index is 2.80. The van der Waals surface area contributed by atoms with Crippen LogP contribution in [0.1, 0.15) is 18.9 Å². The molecule has 1 aromatic rings. The molecule has 0 aliphatic rings. The van der Waals surface area contributed by atoms with Gasteiger partial charge in [0.2, 0.25) is 5.91 Å². The van der Waals surface area contributed by atoms with Gasteiger partial charge in [0.15, 0.2) is 0 Å². The standard InChI is InChI=1S/C11H13BrClNO/c1-2-8-7-9(12)3-4-10(8)14-11(15)5-6-13/h3-4,7H,2,5-6H2,1H3,(H,14,15). The monoisotopic (exact) mass is 289 g/mol. The average Bonchev–Trinajstić information content (AvgIpc) is 2.21. The maximum atomic E-state index is 11.4. The fraction of sp³-hybridized carbons (Fsp3) is 0.364. The van der Waals surface area contributed by atoms with Gasteiger partial charge in [-0.3, -0.25) is 4.79 Å². The van der Waals surface area contributed by atoms with Crippen molar-refractivity contribution in [1.29, 1.82) is 0 Å². The van der Waals surface area contributed by atoms with Gasteiger partial charge in [-0.25, -0.2) is 0 Å². The summed E-state index contributed by atoms with van der Waals surface area (Å²) in [6.07, 6.45) is 1.23. The van der Waals surface area contributed by atoms with E-state index < -0.39 is 0 Å². The first-order valence-corrected chi connectivity index (χ1v) is 6.14. The van der Waals surface area contributed by atoms with Crippen LogP contribution < -0.4 is 5.32 Å². The van der Waals surface area contributed by atoms with Gasteiger partial charge < -0.3 is 5.32 Å². The van der Waals surface area contributed by atoms with E-state index >= 15 is 0 Å². The van der Waals surface area contributed by atoms with Crippen LogP contribution in [0.5, 0.6) is 0 Å². The van der Waals surface area contributed by atoms with Crippen molar-refractivity contribution in [1.82, 2.24) is 0 Å². The third-order valence-corrected chi connectivity index (χ3v) is 2.73. The van der Waals surface area contributed by atoms with Crippen LogP contribution in [-0.2, 0) is 11.2 Å². The number of halogens is 2. The van der Waals surface area contributed by atoms with Gasteiger partial charge >= 0.3 is 0 Å². The normalized spacial score (nSPS) is 10.1. The van der Waals surface area contributed by atoms with Crippen molar-refractivity contribution >= 4 is 39.1 Å². The van der Waals surface area contributed by atoms with Gasteiger partial charge in [-0.05, 0) is 30.2 Å². The molecule has 0 saturated heterocycles. The highest BCUT2D eigenvalue weighted by Crippen LogP contribution is 2.21. The quantitative estimate of drug-likeness (QED) is 0.844. The Morgan fingerprint density at radius 2 is 2.27 bits per heavy atom. The maximum Gasteiger partial charge on any atom is 0.225 e. The van der Waals surface area contributed by atoms with Gasteiger partial charge in [-0.2, -0.15) is 0 Å². The summed E-state index contributed by atoms with van der Waals surface area (Å²) < 4.78 is 1.02. The molecular weight excluding hydrogens is 277 g/mol. The van der Waals surface area contributed by atoms with Gasteiger partial charge in [0.25, 0.3) is 0 Å². The Morgan fingerprint density at radius 3 is 2.87 bits per heavy atom. The molecule has 1 N–H and O–H groups in total. The van der Waals surface area contributed by atoms with Crippen molar-refractivity contribution in [3.63, 3.8) is 0 Å². The van der Waals surface area contributed by atoms with E-state index in [0.29, 0.717) is 12.3 Å². The molecule has 0 atom stereocenters. The number of carbonyl (C=O) groups excluding carboxylic acids is 1. The zero-order valence-corrected chi connectivity index (χ0v) is 10.9. The van der Waals surface area contributed by atoms with Crippen molar-refractivity contribution in [3.8, 4) is 0 Å². The Kier molecular flexibility index (Phi) is 5.12. The number of aryl methyl sites for hydroxylation is 1. The van der Waals surface area contributed by atoms with Crippen molar-refractivity contribution in [3.05, 3.63) is 28.2 Å². The maximum absolute atomic E-state index is 11.4. The lowest BCUT2D eigenvalue weighted by atomic mass is 10.1. The molecule has 0 aliphatic heterocycles. The molecule has 0 spiro atoms. The number of carbonyl (C=O) groups is 1. The third kappa shape index (κ3) is 3.84. The number of rotatable bonds is 4. The second kappa shape index (κ2) is 6.13. The summed E-state index contributed by atoms with van der Waals surface area (Å²) in [4.78, 5) is 11.4. The van der Waals surface area contributed by atoms with Crippen molar-refractivity contribution in [2.24, 2.45) is 0 Å². The predicted octanol–water partition coefficient (Wildman–Crippen LogP) is 3.58. The molecule has 1 amide bonds. The molecule has 4 heteroatoms. The molecule has 82 valence electrons. The lowest BCUT2D eigenvalue weighted by molar-refractivity contribution is -0.115. The summed E-state index contributed by atoms with van der Waals surface area (Å²) in [5, 5.41) is 2.85. The van der Waals surface area contributed by atoms with Gasteiger partial charge in [0.05, 0.1) is 0 Å². The molecule has 0 bridgehead atoms. The molecule has 0 unspecified atom stereocenters. The number of alkyl halides is 1. The second-order valence-corrected chi connectivity index (χ2v) is 4.44. The number of benzene rings is 1. The Labute approximate surface area is 103 Å². The molecule has 2 nitrogen and oxygen atoms in total. The zero-order valence-electron chi connectivity index (χ0n) is 8.52. The van der Waals surface area contributed by atoms with Crippen LogP contribution in [0.25, 0.3) is 0 Å². The topological polar surface area (TPSA) is 29.1 Å². The SMILES string of the molecule is CCc1cc(Br)ccc1NC(=O)CCCl. The van der Waals surface area contributed by atoms with Crippen molar-refractivity contribution in [2.45, 2.75) is 19.8 Å². The third-order valence-electron chi connectivity index (χ3n) is 2.04. The van der Waals surface area contributed by atoms with E-state index in [1.807, 2.05) is 18.2 Å². The number of anilines is 1. The van der Waals surface area contributed by atoms with Crippen LogP contribution in [0, 0.1) is 0 Å². The molecule has 1 aromatic carbocycles. The molecule has 0 aliphatic carbocycles. The summed E-state index contributed by atoms with van der Waals surface area (Å²) in [6, 6.07) is 5.82. The lowest BCUT2D eigenvalue weighted by Gasteiger charge is -2.09. The highest BCUT2D eigenvalue weighted by atomic mass is 79.9. The van der Waals surface area contributed by atoms with Crippen molar-refractivity contribution < 1.29 is 4.79 Å². The van der Waals surface area contributed by atoms with Crippen LogP contribution in [-0.4, -0.2) is 11.8 Å². The van der Waals surface area contributed by atoms with Gasteiger partial charge in [-0.1, -0.05) is 22.9 Å². The summed E-state index contributed by atoms with van der Waals surface area (Å²) in [7, 11) is 0. The molecule has 0 heterocycles. The van der Waals surface area contributed by atoms with E-state index in [4.69, 9.17) is 11.6 Å². The minimum Gasteiger partial charge on any atom is -0.326 e. The number of hydrogen-bond donors (Lipinski definition) is 1. The smallest absolute Gasteiger partial charge is 0.225 e. The van der Waals surface area contributed by atoms with Gasteiger partial charge in [-0.15, -0.1) is 11.6 Å². The summed E-state index contributed by atoms with van der Waals surface area (Å²) in [5.74, 6) is 0.311. The fourth-order valence-corrected chi connectivity index (χ4v) is 1.86. The van der Waals surface area contributed by atoms with E-state index in [1.54, 1.807) is 0 Å². The summed E-state index contributed by atoms with van der Waals surface area (Å²) in [5.41, 5.74) is 1.99. The lowest BCUT2D eigenvalue weighted by Crippen LogP contribution is -2.13. The second-order valence-electron chi connectivity index (χ2n) is 3.14. The van der Waals surface area contributed by atoms with Gasteiger partial charge in [0.1, 0.15) is 0 Å². The Morgan fingerprint density at radius 1 is 1.53 bits per heavy atom. The molecule has 0 saturated carbocycles. The molecule has 1 rings (SSSR count). The fourth-order valence-electron chi connectivity index (χ4n) is 1.28. The van der Waals surface area contributed by atoms with Crippen LogP contribution in [0.15, 0.2) is 22.7 Å². The van der Waals surface area contributed by atoms with Gasteiger partial charge in [0, 0.05) is 22.5 Å². The molecular formula is C11H13BrClNO. The number of hydrogen-bond acceptors (Lipinski definition) is 1. The summed E-state index contributed by atoms with van der Waals surface area (Å²) >= 11 is 8.89. The Bertz CT molecular complexity index is 354. The molecule has 0 fully saturated rings. The average molecular weight is 291 g/mol. The van der Waals surface area contributed by atoms with Crippen LogP contribution in [0.3, 0.4) is 0 Å². The molecule has 0 radical (unpaired) electrons. The van der Waals surface area contributed by atoms with Crippen LogP contribution in [0.4, 0.5) is 5.69 Å². The van der Waals surface area contributed by atoms with Crippen LogP contribution >= 0.6 is 27.5 Å². The first-order chi connectivity index (χ1) is 7.17. The van der Waals surface area contributed by atoms with E-state index in [-0.39, 0.29) is 5.91 Å². The summed E-state index contributed by atoms with van der Waals surface area (Å²) in [6.45, 7) is 2.05. The van der Waals surface area contributed by atoms with E-state index in [1.165, 1.54) is 0 Å². The molecule has 0 aromatic heterocycles. The highest BCUT2D eigenvalue weighted by Gasteiger charge is 2.05. The van der Waals surface area contributed by atoms with E-state index in [0.717, 1.165) is 22.1 Å². The number of amides is 1.